The van der Waals surface area contributed by atoms with Crippen molar-refractivity contribution in [2.75, 3.05) is 0 Å². The van der Waals surface area contributed by atoms with Crippen LogP contribution in [0.3, 0.4) is 0 Å². The first-order chi connectivity index (χ1) is 8.44. The highest BCUT2D eigenvalue weighted by Crippen LogP contribution is 2.46. The van der Waals surface area contributed by atoms with E-state index in [1.165, 1.54) is 19.1 Å². The molecule has 1 rings (SSSR count). The van der Waals surface area contributed by atoms with E-state index in [4.69, 9.17) is 0 Å². The Hall–Kier alpha value is -1.24. The van der Waals surface area contributed by atoms with Crippen molar-refractivity contribution in [3.05, 3.63) is 34.9 Å². The minimum absolute atomic E-state index is 0.186. The van der Waals surface area contributed by atoms with Crippen LogP contribution in [0.15, 0.2) is 18.2 Å². The van der Waals surface area contributed by atoms with Crippen molar-refractivity contribution in [3.63, 3.8) is 0 Å². The lowest BCUT2D eigenvalue weighted by Gasteiger charge is -2.28. The van der Waals surface area contributed by atoms with E-state index in [0.717, 1.165) is 6.07 Å². The molecule has 1 nitrogen and oxygen atoms in total. The summed E-state index contributed by atoms with van der Waals surface area (Å²) in [5.41, 5.74) is 0.500. The van der Waals surface area contributed by atoms with Crippen molar-refractivity contribution in [1.82, 2.24) is 0 Å². The van der Waals surface area contributed by atoms with Crippen molar-refractivity contribution < 1.29 is 31.4 Å². The molecule has 1 N–H and O–H groups in total. The second-order valence-corrected chi connectivity index (χ2v) is 4.37. The molecule has 0 heterocycles. The van der Waals surface area contributed by atoms with Crippen molar-refractivity contribution in [2.45, 2.75) is 32.3 Å². The van der Waals surface area contributed by atoms with Crippen LogP contribution in [0.2, 0.25) is 0 Å². The molecule has 108 valence electrons. The summed E-state index contributed by atoms with van der Waals surface area (Å²) in [5.74, 6) is -3.79. The molecule has 0 aliphatic rings. The number of aliphatic hydroxyl groups is 1. The van der Waals surface area contributed by atoms with E-state index < -0.39 is 24.4 Å². The SMILES string of the molecule is Cc1ccc(C(O)C(C(F)(F)F)C(F)(F)F)c(C)c1. The van der Waals surface area contributed by atoms with Gasteiger partial charge in [-0.1, -0.05) is 23.8 Å². The lowest BCUT2D eigenvalue weighted by atomic mass is 9.91. The summed E-state index contributed by atoms with van der Waals surface area (Å²) in [5, 5.41) is 9.48. The van der Waals surface area contributed by atoms with Crippen LogP contribution in [0, 0.1) is 19.8 Å². The summed E-state index contributed by atoms with van der Waals surface area (Å²) < 4.78 is 74.9. The maximum absolute atomic E-state index is 12.5. The van der Waals surface area contributed by atoms with Gasteiger partial charge >= 0.3 is 12.4 Å². The molecule has 1 aromatic carbocycles. The lowest BCUT2D eigenvalue weighted by molar-refractivity contribution is -0.307. The molecule has 0 fully saturated rings. The van der Waals surface area contributed by atoms with Gasteiger partial charge in [0, 0.05) is 0 Å². The number of alkyl halides is 6. The minimum atomic E-state index is -5.56. The van der Waals surface area contributed by atoms with Crippen LogP contribution in [-0.2, 0) is 0 Å². The normalized spacial score (nSPS) is 14.8. The number of hydrogen-bond acceptors (Lipinski definition) is 1. The summed E-state index contributed by atoms with van der Waals surface area (Å²) in [6.45, 7) is 3.00. The van der Waals surface area contributed by atoms with E-state index in [1.807, 2.05) is 0 Å². The molecular formula is C12H12F6O. The Bertz CT molecular complexity index is 435. The maximum atomic E-state index is 12.5. The Morgan fingerprint density at radius 2 is 1.42 bits per heavy atom. The van der Waals surface area contributed by atoms with Gasteiger partial charge < -0.3 is 5.11 Å². The Balaban J connectivity index is 3.24. The van der Waals surface area contributed by atoms with E-state index >= 15 is 0 Å². The first-order valence-electron chi connectivity index (χ1n) is 5.33. The molecule has 0 aromatic heterocycles. The molecule has 1 aromatic rings. The largest absolute Gasteiger partial charge is 0.403 e. The van der Waals surface area contributed by atoms with Gasteiger partial charge in [0.1, 0.15) is 0 Å². The van der Waals surface area contributed by atoms with Crippen molar-refractivity contribution in [1.29, 1.82) is 0 Å². The number of hydrogen-bond donors (Lipinski definition) is 1. The monoisotopic (exact) mass is 286 g/mol. The van der Waals surface area contributed by atoms with Crippen LogP contribution in [0.5, 0.6) is 0 Å². The van der Waals surface area contributed by atoms with Crippen LogP contribution in [-0.4, -0.2) is 17.5 Å². The van der Waals surface area contributed by atoms with E-state index in [9.17, 15) is 31.4 Å². The van der Waals surface area contributed by atoms with Crippen molar-refractivity contribution in [2.24, 2.45) is 5.92 Å². The van der Waals surface area contributed by atoms with Crippen LogP contribution >= 0.6 is 0 Å². The molecule has 1 unspecified atom stereocenters. The van der Waals surface area contributed by atoms with Crippen LogP contribution in [0.4, 0.5) is 26.3 Å². The van der Waals surface area contributed by atoms with Gasteiger partial charge in [-0.2, -0.15) is 26.3 Å². The maximum Gasteiger partial charge on any atom is 0.403 e. The average Bonchev–Trinajstić information content (AvgIpc) is 2.11. The van der Waals surface area contributed by atoms with Gasteiger partial charge in [0.05, 0.1) is 6.10 Å². The van der Waals surface area contributed by atoms with Gasteiger partial charge in [0.25, 0.3) is 0 Å². The zero-order valence-corrected chi connectivity index (χ0v) is 10.1. The summed E-state index contributed by atoms with van der Waals surface area (Å²) in [4.78, 5) is 0. The smallest absolute Gasteiger partial charge is 0.387 e. The number of aryl methyl sites for hydroxylation is 2. The zero-order chi connectivity index (χ0) is 15.0. The molecule has 0 amide bonds. The van der Waals surface area contributed by atoms with E-state index in [1.54, 1.807) is 6.92 Å². The quantitative estimate of drug-likeness (QED) is 0.812. The number of benzene rings is 1. The molecule has 0 bridgehead atoms. The van der Waals surface area contributed by atoms with Crippen molar-refractivity contribution in [3.8, 4) is 0 Å². The fraction of sp³-hybridized carbons (Fsp3) is 0.500. The van der Waals surface area contributed by atoms with Gasteiger partial charge in [-0.15, -0.1) is 0 Å². The molecule has 0 spiro atoms. The molecule has 1 atom stereocenters. The van der Waals surface area contributed by atoms with E-state index in [-0.39, 0.29) is 11.1 Å². The predicted molar refractivity (Wildman–Crippen MR) is 56.5 cm³/mol. The summed E-state index contributed by atoms with van der Waals surface area (Å²) >= 11 is 0. The molecule has 7 heteroatoms. The second-order valence-electron chi connectivity index (χ2n) is 4.37. The predicted octanol–water partition coefficient (Wildman–Crippen LogP) is 4.08. The van der Waals surface area contributed by atoms with Crippen LogP contribution < -0.4 is 0 Å². The van der Waals surface area contributed by atoms with Gasteiger partial charge in [-0.05, 0) is 25.0 Å². The second kappa shape index (κ2) is 5.03. The Morgan fingerprint density at radius 3 is 1.79 bits per heavy atom. The van der Waals surface area contributed by atoms with Crippen molar-refractivity contribution >= 4 is 0 Å². The Labute approximate surface area is 105 Å². The number of halogens is 6. The number of rotatable bonds is 2. The molecule has 19 heavy (non-hydrogen) atoms. The van der Waals surface area contributed by atoms with Crippen LogP contribution in [0.1, 0.15) is 22.8 Å². The standard InChI is InChI=1S/C12H12F6O/c1-6-3-4-8(7(2)5-6)9(19)10(11(13,14)15)12(16,17)18/h3-5,9-10,19H,1-2H3. The summed E-state index contributed by atoms with van der Waals surface area (Å²) in [6, 6.07) is 3.86. The highest BCUT2D eigenvalue weighted by molar-refractivity contribution is 5.32. The molecule has 0 saturated carbocycles. The lowest BCUT2D eigenvalue weighted by Crippen LogP contribution is -2.41. The van der Waals surface area contributed by atoms with Gasteiger partial charge in [0.2, 0.25) is 0 Å². The van der Waals surface area contributed by atoms with Gasteiger partial charge in [-0.25, -0.2) is 0 Å². The molecule has 0 aliphatic carbocycles. The van der Waals surface area contributed by atoms with E-state index in [2.05, 4.69) is 0 Å². The van der Waals surface area contributed by atoms with E-state index in [0.29, 0.717) is 5.56 Å². The van der Waals surface area contributed by atoms with Gasteiger partial charge in [0.15, 0.2) is 5.92 Å². The van der Waals surface area contributed by atoms with Gasteiger partial charge in [-0.3, -0.25) is 0 Å². The minimum Gasteiger partial charge on any atom is -0.387 e. The third-order valence-corrected chi connectivity index (χ3v) is 2.76. The number of aliphatic hydroxyl groups excluding tert-OH is 1. The Kier molecular flexibility index (Phi) is 4.19. The molecular weight excluding hydrogens is 274 g/mol. The fourth-order valence-electron chi connectivity index (χ4n) is 1.88. The summed E-state index contributed by atoms with van der Waals surface area (Å²) in [7, 11) is 0. The third kappa shape index (κ3) is 3.62. The molecule has 0 saturated heterocycles. The highest BCUT2D eigenvalue weighted by atomic mass is 19.4. The Morgan fingerprint density at radius 1 is 0.947 bits per heavy atom. The first-order valence-corrected chi connectivity index (χ1v) is 5.33. The topological polar surface area (TPSA) is 20.2 Å². The molecule has 0 aliphatic heterocycles. The van der Waals surface area contributed by atoms with Crippen LogP contribution in [0.25, 0.3) is 0 Å². The summed E-state index contributed by atoms with van der Waals surface area (Å²) in [6.07, 6.45) is -13.8. The average molecular weight is 286 g/mol. The fourth-order valence-corrected chi connectivity index (χ4v) is 1.88. The molecule has 0 radical (unpaired) electrons. The third-order valence-electron chi connectivity index (χ3n) is 2.76. The highest BCUT2D eigenvalue weighted by Gasteiger charge is 2.60. The zero-order valence-electron chi connectivity index (χ0n) is 10.1. The first kappa shape index (κ1) is 15.8.